The van der Waals surface area contributed by atoms with Crippen molar-refractivity contribution in [2.45, 2.75) is 46.6 Å². The SMILES string of the molecule is C#Cc1cc(COCCC2CCN(OC(=O)C(C)(C)C)CC2)ccn1. The number of carbonyl (C=O) groups is 1. The quantitative estimate of drug-likeness (QED) is 0.586. The van der Waals surface area contributed by atoms with Gasteiger partial charge in [-0.2, -0.15) is 0 Å². The molecule has 0 spiro atoms. The van der Waals surface area contributed by atoms with Crippen LogP contribution in [0.2, 0.25) is 0 Å². The lowest BCUT2D eigenvalue weighted by Crippen LogP contribution is -2.39. The van der Waals surface area contributed by atoms with Gasteiger partial charge in [0.05, 0.1) is 12.0 Å². The van der Waals surface area contributed by atoms with Crippen molar-refractivity contribution in [3.63, 3.8) is 0 Å². The number of ether oxygens (including phenoxy) is 1. The Hall–Kier alpha value is -1.90. The van der Waals surface area contributed by atoms with Crippen molar-refractivity contribution in [3.8, 4) is 12.3 Å². The number of nitrogens with zero attached hydrogens (tertiary/aromatic N) is 2. The van der Waals surface area contributed by atoms with Gasteiger partial charge in [-0.25, -0.2) is 9.78 Å². The Bertz CT molecular complexity index is 608. The van der Waals surface area contributed by atoms with E-state index in [0.29, 0.717) is 18.2 Å². The van der Waals surface area contributed by atoms with Gasteiger partial charge >= 0.3 is 5.97 Å². The number of hydrogen-bond acceptors (Lipinski definition) is 5. The Morgan fingerprint density at radius 1 is 1.40 bits per heavy atom. The molecule has 0 radical (unpaired) electrons. The standard InChI is InChI=1S/C20H28N2O3/c1-5-18-14-17(6-10-21-18)15-24-13-9-16-7-11-22(12-8-16)25-19(23)20(2,3)4/h1,6,10,14,16H,7-9,11-13,15H2,2-4H3. The Morgan fingerprint density at radius 2 is 2.12 bits per heavy atom. The minimum atomic E-state index is -0.461. The maximum atomic E-state index is 11.9. The van der Waals surface area contributed by atoms with Gasteiger partial charge < -0.3 is 9.57 Å². The fourth-order valence-electron chi connectivity index (χ4n) is 2.63. The summed E-state index contributed by atoms with van der Waals surface area (Å²) in [6.07, 6.45) is 10.1. The van der Waals surface area contributed by atoms with Gasteiger partial charge in [0.1, 0.15) is 5.69 Å². The molecular formula is C20H28N2O3. The fraction of sp³-hybridized carbons (Fsp3) is 0.600. The van der Waals surface area contributed by atoms with Gasteiger partial charge in [0, 0.05) is 25.9 Å². The van der Waals surface area contributed by atoms with Crippen LogP contribution in [0.5, 0.6) is 0 Å². The van der Waals surface area contributed by atoms with Crippen LogP contribution in [-0.4, -0.2) is 35.7 Å². The monoisotopic (exact) mass is 344 g/mol. The van der Waals surface area contributed by atoms with E-state index in [0.717, 1.165) is 44.5 Å². The van der Waals surface area contributed by atoms with Crippen molar-refractivity contribution in [1.82, 2.24) is 10.0 Å². The molecule has 0 amide bonds. The molecule has 0 aromatic carbocycles. The molecular weight excluding hydrogens is 316 g/mol. The molecule has 1 aliphatic heterocycles. The average Bonchev–Trinajstić information content (AvgIpc) is 2.59. The first-order chi connectivity index (χ1) is 11.9. The lowest BCUT2D eigenvalue weighted by atomic mass is 9.95. The highest BCUT2D eigenvalue weighted by Gasteiger charge is 2.28. The van der Waals surface area contributed by atoms with E-state index in [-0.39, 0.29) is 5.97 Å². The van der Waals surface area contributed by atoms with E-state index >= 15 is 0 Å². The maximum absolute atomic E-state index is 11.9. The molecule has 1 aromatic heterocycles. The molecule has 0 saturated carbocycles. The summed E-state index contributed by atoms with van der Waals surface area (Å²) < 4.78 is 5.76. The second-order valence-corrected chi connectivity index (χ2v) is 7.54. The molecule has 5 heteroatoms. The Labute approximate surface area is 150 Å². The number of hydrogen-bond donors (Lipinski definition) is 0. The highest BCUT2D eigenvalue weighted by molar-refractivity contribution is 5.75. The van der Waals surface area contributed by atoms with Crippen LogP contribution >= 0.6 is 0 Å². The van der Waals surface area contributed by atoms with Crippen molar-refractivity contribution in [2.24, 2.45) is 11.3 Å². The number of terminal acetylenes is 1. The van der Waals surface area contributed by atoms with E-state index in [1.807, 2.05) is 32.9 Å². The van der Waals surface area contributed by atoms with Gasteiger partial charge in [-0.3, -0.25) is 0 Å². The maximum Gasteiger partial charge on any atom is 0.330 e. The van der Waals surface area contributed by atoms with Gasteiger partial charge in [-0.1, -0.05) is 5.92 Å². The molecule has 2 rings (SSSR count). The third kappa shape index (κ3) is 6.49. The molecule has 0 unspecified atom stereocenters. The molecule has 0 atom stereocenters. The lowest BCUT2D eigenvalue weighted by molar-refractivity contribution is -0.206. The van der Waals surface area contributed by atoms with Crippen LogP contribution in [0.3, 0.4) is 0 Å². The van der Waals surface area contributed by atoms with Gasteiger partial charge in [0.15, 0.2) is 0 Å². The van der Waals surface area contributed by atoms with Crippen LogP contribution < -0.4 is 0 Å². The highest BCUT2D eigenvalue weighted by atomic mass is 16.7. The summed E-state index contributed by atoms with van der Waals surface area (Å²) >= 11 is 0. The summed E-state index contributed by atoms with van der Waals surface area (Å²) in [6, 6.07) is 3.80. The second kappa shape index (κ2) is 8.98. The Balaban J connectivity index is 1.62. The van der Waals surface area contributed by atoms with E-state index in [1.54, 1.807) is 11.3 Å². The Kier molecular flexibility index (Phi) is 6.98. The number of aromatic nitrogens is 1. The normalized spacial score (nSPS) is 16.4. The van der Waals surface area contributed by atoms with E-state index in [2.05, 4.69) is 10.9 Å². The van der Waals surface area contributed by atoms with Crippen molar-refractivity contribution < 1.29 is 14.4 Å². The van der Waals surface area contributed by atoms with Gasteiger partial charge in [0.25, 0.3) is 0 Å². The molecule has 1 aliphatic rings. The number of hydroxylamine groups is 2. The van der Waals surface area contributed by atoms with Crippen LogP contribution in [0.15, 0.2) is 18.3 Å². The van der Waals surface area contributed by atoms with Crippen LogP contribution in [0.25, 0.3) is 0 Å². The van der Waals surface area contributed by atoms with Gasteiger partial charge in [-0.15, -0.1) is 11.5 Å². The molecule has 1 aromatic rings. The van der Waals surface area contributed by atoms with Crippen molar-refractivity contribution >= 4 is 5.97 Å². The summed E-state index contributed by atoms with van der Waals surface area (Å²) in [5.74, 6) is 2.97. The second-order valence-electron chi connectivity index (χ2n) is 7.54. The molecule has 0 N–H and O–H groups in total. The average molecular weight is 344 g/mol. The van der Waals surface area contributed by atoms with E-state index in [1.165, 1.54) is 0 Å². The van der Waals surface area contributed by atoms with Gasteiger partial charge in [0.2, 0.25) is 0 Å². The largest absolute Gasteiger partial charge is 0.377 e. The molecule has 0 aliphatic carbocycles. The number of carbonyl (C=O) groups excluding carboxylic acids is 1. The van der Waals surface area contributed by atoms with Crippen LogP contribution in [0, 0.1) is 23.7 Å². The smallest absolute Gasteiger partial charge is 0.330 e. The molecule has 1 saturated heterocycles. The summed E-state index contributed by atoms with van der Waals surface area (Å²) in [5.41, 5.74) is 1.22. The minimum Gasteiger partial charge on any atom is -0.377 e. The zero-order valence-corrected chi connectivity index (χ0v) is 15.5. The third-order valence-electron chi connectivity index (χ3n) is 4.31. The first-order valence-electron chi connectivity index (χ1n) is 8.85. The zero-order chi connectivity index (χ0) is 18.3. The number of piperidine rings is 1. The van der Waals surface area contributed by atoms with E-state index in [4.69, 9.17) is 16.0 Å². The van der Waals surface area contributed by atoms with E-state index in [9.17, 15) is 4.79 Å². The number of pyridine rings is 1. The third-order valence-corrected chi connectivity index (χ3v) is 4.31. The summed E-state index contributed by atoms with van der Waals surface area (Å²) in [5, 5.41) is 1.79. The van der Waals surface area contributed by atoms with Crippen molar-refractivity contribution in [2.75, 3.05) is 19.7 Å². The van der Waals surface area contributed by atoms with E-state index < -0.39 is 5.41 Å². The molecule has 5 nitrogen and oxygen atoms in total. The topological polar surface area (TPSA) is 51.7 Å². The van der Waals surface area contributed by atoms with Crippen LogP contribution in [0.1, 0.15) is 51.3 Å². The Morgan fingerprint density at radius 3 is 2.76 bits per heavy atom. The summed E-state index contributed by atoms with van der Waals surface area (Å²) in [7, 11) is 0. The first-order valence-corrected chi connectivity index (χ1v) is 8.85. The molecule has 25 heavy (non-hydrogen) atoms. The predicted octanol–water partition coefficient (Wildman–Crippen LogP) is 3.19. The number of rotatable bonds is 6. The predicted molar refractivity (Wildman–Crippen MR) is 96.3 cm³/mol. The fourth-order valence-corrected chi connectivity index (χ4v) is 2.63. The van der Waals surface area contributed by atoms with Crippen molar-refractivity contribution in [1.29, 1.82) is 0 Å². The molecule has 136 valence electrons. The molecule has 0 bridgehead atoms. The summed E-state index contributed by atoms with van der Waals surface area (Å²) in [6.45, 7) is 8.47. The van der Waals surface area contributed by atoms with Gasteiger partial charge in [-0.05, 0) is 63.6 Å². The molecule has 1 fully saturated rings. The highest BCUT2D eigenvalue weighted by Crippen LogP contribution is 2.23. The first kappa shape index (κ1) is 19.4. The summed E-state index contributed by atoms with van der Waals surface area (Å²) in [4.78, 5) is 21.4. The minimum absolute atomic E-state index is 0.169. The van der Waals surface area contributed by atoms with Crippen LogP contribution in [0.4, 0.5) is 0 Å². The van der Waals surface area contributed by atoms with Crippen LogP contribution in [-0.2, 0) is 21.0 Å². The zero-order valence-electron chi connectivity index (χ0n) is 15.5. The van der Waals surface area contributed by atoms with Crippen molar-refractivity contribution in [3.05, 3.63) is 29.6 Å². The molecule has 2 heterocycles. The lowest BCUT2D eigenvalue weighted by Gasteiger charge is -2.32.